The van der Waals surface area contributed by atoms with Gasteiger partial charge in [-0.1, -0.05) is 19.9 Å². The molecule has 4 aliphatic carbocycles. The number of rotatable bonds is 2. The molecule has 4 aliphatic rings. The maximum atomic E-state index is 12.5. The van der Waals surface area contributed by atoms with E-state index in [4.69, 9.17) is 0 Å². The predicted molar refractivity (Wildman–Crippen MR) is 92.2 cm³/mol. The Hall–Kier alpha value is -1.40. The molecule has 144 valence electrons. The summed E-state index contributed by atoms with van der Waals surface area (Å²) in [7, 11) is 0. The minimum Gasteiger partial charge on any atom is -0.481 e. The third kappa shape index (κ3) is 1.75. The SMILES string of the molecule is C=C1CC23CC1(O)C(O)CC2C1(C)CCCC(C)(C(=O)O)C1C3C(=O)O. The Bertz CT molecular complexity index is 717. The summed E-state index contributed by atoms with van der Waals surface area (Å²) in [4.78, 5) is 24.7. The van der Waals surface area contributed by atoms with E-state index in [1.807, 2.05) is 6.92 Å². The van der Waals surface area contributed by atoms with Crippen molar-refractivity contribution in [1.29, 1.82) is 0 Å². The van der Waals surface area contributed by atoms with E-state index in [2.05, 4.69) is 6.58 Å². The summed E-state index contributed by atoms with van der Waals surface area (Å²) in [5.74, 6) is -3.43. The molecular weight excluding hydrogens is 336 g/mol. The van der Waals surface area contributed by atoms with Crippen molar-refractivity contribution in [3.05, 3.63) is 12.2 Å². The zero-order chi connectivity index (χ0) is 19.3. The van der Waals surface area contributed by atoms with Gasteiger partial charge in [0.15, 0.2) is 0 Å². The molecule has 6 heteroatoms. The summed E-state index contributed by atoms with van der Waals surface area (Å²) in [5.41, 5.74) is -3.28. The number of hydrogen-bond donors (Lipinski definition) is 4. The van der Waals surface area contributed by atoms with Crippen LogP contribution in [0.3, 0.4) is 0 Å². The maximum Gasteiger partial charge on any atom is 0.309 e. The molecule has 0 saturated heterocycles. The first-order valence-electron chi connectivity index (χ1n) is 9.48. The molecule has 0 aromatic heterocycles. The molecule has 4 N–H and O–H groups in total. The van der Waals surface area contributed by atoms with Gasteiger partial charge in [-0.3, -0.25) is 9.59 Å². The van der Waals surface area contributed by atoms with E-state index >= 15 is 0 Å². The Morgan fingerprint density at radius 2 is 1.85 bits per heavy atom. The van der Waals surface area contributed by atoms with Crippen LogP contribution in [0, 0.1) is 34.0 Å². The molecule has 8 unspecified atom stereocenters. The molecule has 0 radical (unpaired) electrons. The van der Waals surface area contributed by atoms with Gasteiger partial charge in [0.1, 0.15) is 5.60 Å². The molecule has 0 aromatic rings. The van der Waals surface area contributed by atoms with Gasteiger partial charge in [0.25, 0.3) is 0 Å². The van der Waals surface area contributed by atoms with Crippen molar-refractivity contribution in [3.63, 3.8) is 0 Å². The van der Waals surface area contributed by atoms with Crippen LogP contribution in [-0.2, 0) is 9.59 Å². The highest BCUT2D eigenvalue weighted by Crippen LogP contribution is 2.78. The molecule has 0 heterocycles. The minimum absolute atomic E-state index is 0.130. The second-order valence-corrected chi connectivity index (χ2v) is 9.79. The van der Waals surface area contributed by atoms with Crippen LogP contribution in [0.25, 0.3) is 0 Å². The van der Waals surface area contributed by atoms with Gasteiger partial charge in [0.2, 0.25) is 0 Å². The summed E-state index contributed by atoms with van der Waals surface area (Å²) >= 11 is 0. The lowest BCUT2D eigenvalue weighted by Gasteiger charge is -2.51. The molecule has 0 aliphatic heterocycles. The molecular formula is C20H28O6. The van der Waals surface area contributed by atoms with Crippen molar-refractivity contribution in [3.8, 4) is 0 Å². The van der Waals surface area contributed by atoms with Gasteiger partial charge in [-0.25, -0.2) is 0 Å². The van der Waals surface area contributed by atoms with Gasteiger partial charge in [-0.2, -0.15) is 0 Å². The number of aliphatic carboxylic acids is 2. The molecule has 4 rings (SSSR count). The maximum absolute atomic E-state index is 12.5. The average molecular weight is 364 g/mol. The first kappa shape index (κ1) is 18.0. The molecule has 4 fully saturated rings. The summed E-state index contributed by atoms with van der Waals surface area (Å²) in [6.45, 7) is 7.67. The summed E-state index contributed by atoms with van der Waals surface area (Å²) in [6.07, 6.45) is 1.81. The number of carbonyl (C=O) groups is 2. The lowest BCUT2D eigenvalue weighted by atomic mass is 9.53. The number of carboxylic acids is 2. The summed E-state index contributed by atoms with van der Waals surface area (Å²) in [5, 5.41) is 41.9. The molecule has 4 saturated carbocycles. The van der Waals surface area contributed by atoms with Crippen LogP contribution in [-0.4, -0.2) is 44.1 Å². The Morgan fingerprint density at radius 1 is 1.19 bits per heavy atom. The zero-order valence-electron chi connectivity index (χ0n) is 15.4. The van der Waals surface area contributed by atoms with Gasteiger partial charge in [-0.05, 0) is 67.3 Å². The highest BCUT2D eigenvalue weighted by atomic mass is 16.4. The van der Waals surface area contributed by atoms with E-state index in [9.17, 15) is 30.0 Å². The van der Waals surface area contributed by atoms with Crippen molar-refractivity contribution < 1.29 is 30.0 Å². The Kier molecular flexibility index (Phi) is 3.39. The van der Waals surface area contributed by atoms with E-state index in [-0.39, 0.29) is 12.3 Å². The van der Waals surface area contributed by atoms with Crippen LogP contribution in [0.1, 0.15) is 52.4 Å². The Morgan fingerprint density at radius 3 is 2.42 bits per heavy atom. The van der Waals surface area contributed by atoms with Crippen molar-refractivity contribution in [2.45, 2.75) is 64.1 Å². The van der Waals surface area contributed by atoms with Crippen LogP contribution >= 0.6 is 0 Å². The highest BCUT2D eigenvalue weighted by Gasteiger charge is 2.78. The van der Waals surface area contributed by atoms with Crippen LogP contribution in [0.4, 0.5) is 0 Å². The molecule has 8 atom stereocenters. The fraction of sp³-hybridized carbons (Fsp3) is 0.800. The number of carboxylic acid groups (broad SMARTS) is 2. The molecule has 0 amide bonds. The summed E-state index contributed by atoms with van der Waals surface area (Å²) < 4.78 is 0. The smallest absolute Gasteiger partial charge is 0.309 e. The van der Waals surface area contributed by atoms with Gasteiger partial charge < -0.3 is 20.4 Å². The number of fused-ring (bicyclic) bond motifs is 3. The van der Waals surface area contributed by atoms with Crippen molar-refractivity contribution in [1.82, 2.24) is 0 Å². The number of hydrogen-bond acceptors (Lipinski definition) is 4. The second-order valence-electron chi connectivity index (χ2n) is 9.79. The van der Waals surface area contributed by atoms with E-state index in [1.54, 1.807) is 6.92 Å². The van der Waals surface area contributed by atoms with E-state index in [0.717, 1.165) is 12.8 Å². The zero-order valence-corrected chi connectivity index (χ0v) is 15.4. The highest BCUT2D eigenvalue weighted by molar-refractivity contribution is 5.79. The fourth-order valence-electron chi connectivity index (χ4n) is 7.83. The van der Waals surface area contributed by atoms with E-state index in [1.165, 1.54) is 0 Å². The minimum atomic E-state index is -1.45. The molecule has 2 bridgehead atoms. The van der Waals surface area contributed by atoms with Crippen molar-refractivity contribution >= 4 is 11.9 Å². The van der Waals surface area contributed by atoms with Gasteiger partial charge in [0.05, 0.1) is 17.4 Å². The lowest BCUT2D eigenvalue weighted by molar-refractivity contribution is -0.166. The van der Waals surface area contributed by atoms with Crippen molar-refractivity contribution in [2.75, 3.05) is 0 Å². The van der Waals surface area contributed by atoms with E-state index < -0.39 is 51.7 Å². The third-order valence-corrected chi connectivity index (χ3v) is 8.77. The molecule has 1 spiro atoms. The predicted octanol–water partition coefficient (Wildman–Crippen LogP) is 2.05. The normalized spacial score (nSPS) is 55.3. The third-order valence-electron chi connectivity index (χ3n) is 8.77. The number of aliphatic hydroxyl groups is 2. The molecule has 26 heavy (non-hydrogen) atoms. The standard InChI is InChI=1S/C20H28O6/c1-10-8-19-9-20(10,26)12(21)7-11(19)17(2)5-4-6-18(3,16(24)25)14(17)13(19)15(22)23/h11-14,21,26H,1,4-9H2,2-3H3,(H,22,23)(H,24,25). The van der Waals surface area contributed by atoms with E-state index in [0.29, 0.717) is 24.8 Å². The van der Waals surface area contributed by atoms with Crippen molar-refractivity contribution in [2.24, 2.45) is 34.0 Å². The van der Waals surface area contributed by atoms with Crippen LogP contribution in [0.5, 0.6) is 0 Å². The van der Waals surface area contributed by atoms with Crippen LogP contribution in [0.15, 0.2) is 12.2 Å². The monoisotopic (exact) mass is 364 g/mol. The van der Waals surface area contributed by atoms with Gasteiger partial charge >= 0.3 is 11.9 Å². The Balaban J connectivity index is 1.96. The van der Waals surface area contributed by atoms with Gasteiger partial charge in [-0.15, -0.1) is 0 Å². The lowest BCUT2D eigenvalue weighted by Crippen LogP contribution is -2.52. The summed E-state index contributed by atoms with van der Waals surface area (Å²) in [6, 6.07) is 0. The van der Waals surface area contributed by atoms with Crippen LogP contribution in [0.2, 0.25) is 0 Å². The van der Waals surface area contributed by atoms with Crippen LogP contribution < -0.4 is 0 Å². The topological polar surface area (TPSA) is 115 Å². The molecule has 6 nitrogen and oxygen atoms in total. The number of aliphatic hydroxyl groups excluding tert-OH is 1. The largest absolute Gasteiger partial charge is 0.481 e. The average Bonchev–Trinajstić information content (AvgIpc) is 2.89. The first-order valence-corrected chi connectivity index (χ1v) is 9.48. The molecule has 0 aromatic carbocycles. The fourth-order valence-corrected chi connectivity index (χ4v) is 7.83. The first-order chi connectivity index (χ1) is 11.9. The quantitative estimate of drug-likeness (QED) is 0.558. The Labute approximate surface area is 152 Å². The van der Waals surface area contributed by atoms with Gasteiger partial charge in [0, 0.05) is 0 Å². The second kappa shape index (κ2) is 4.90.